The number of allylic oxidation sites excluding steroid dienone is 6. The second kappa shape index (κ2) is 20.4. The van der Waals surface area contributed by atoms with Crippen LogP contribution in [0.1, 0.15) is 150 Å². The first-order valence-electron chi connectivity index (χ1n) is 27.5. The molecule has 0 radical (unpaired) electrons. The summed E-state index contributed by atoms with van der Waals surface area (Å²) in [6.07, 6.45) is 20.6. The Balaban J connectivity index is 0.992. The summed E-state index contributed by atoms with van der Waals surface area (Å²) in [5.74, 6) is -2.76. The monoisotopic (exact) mass is 995 g/mol. The molecule has 0 saturated heterocycles. The van der Waals surface area contributed by atoms with Crippen molar-refractivity contribution in [3.63, 3.8) is 0 Å². The summed E-state index contributed by atoms with van der Waals surface area (Å²) < 4.78 is 0. The third-order valence-corrected chi connectivity index (χ3v) is 20.9. The lowest BCUT2D eigenvalue weighted by Gasteiger charge is -2.65. The van der Waals surface area contributed by atoms with Crippen LogP contribution in [0.5, 0.6) is 0 Å². The summed E-state index contributed by atoms with van der Waals surface area (Å²) in [6, 6.07) is 14.9. The van der Waals surface area contributed by atoms with Crippen molar-refractivity contribution in [1.29, 1.82) is 0 Å². The van der Waals surface area contributed by atoms with Crippen molar-refractivity contribution in [1.82, 2.24) is 0 Å². The van der Waals surface area contributed by atoms with Gasteiger partial charge >= 0.3 is 11.9 Å². The van der Waals surface area contributed by atoms with E-state index in [4.69, 9.17) is 0 Å². The fourth-order valence-electron chi connectivity index (χ4n) is 17.5. The maximum atomic E-state index is 15.1. The van der Waals surface area contributed by atoms with Crippen molar-refractivity contribution in [2.45, 2.75) is 145 Å². The molecule has 0 aliphatic heterocycles. The summed E-state index contributed by atoms with van der Waals surface area (Å²) in [6.45, 7) is 25.0. The van der Waals surface area contributed by atoms with Crippen LogP contribution in [0.4, 0.5) is 11.4 Å². The molecule has 10 heteroatoms. The van der Waals surface area contributed by atoms with Crippen molar-refractivity contribution < 1.29 is 39.0 Å². The standard InChI is InChI=1S/C63H82N2O8/c1-11-41-19-25-52-60(8)29-14-31-62(10,58(72)73)51(60)27-32-63(52,36-41)54(40(5)6)56(69)65(38-67)47-23-17-43(18-24-47)33-42-15-21-46(22-16-42)64(37-66)55(68)53(39(3)4)48-35-49-45(34-44(48)12-2)20-26-50-59(49,7)28-13-30-61(50,9)57(70)71/h11-12,15-18,21-24,34,36-40,45,48-54H,1-2,13-14,19-20,25-33,35H2,3-10H3,(H,70,71)(H,72,73). The molecule has 0 bridgehead atoms. The lowest BCUT2D eigenvalue weighted by atomic mass is 9.38. The molecule has 8 rings (SSSR count). The van der Waals surface area contributed by atoms with Gasteiger partial charge in [0.05, 0.1) is 28.1 Å². The SMILES string of the molecule is C=CC1=CC2(C(C(=O)N(C=O)c3ccc(Cc4ccc(N(C=O)C(=O)C(C(C)C)C5CC6C(C=C5C=C)CCC5C(C)(C(=O)O)CCCC65C)cc4)cc3)C(C)C)CCC3C(C)(C(=O)O)CCCC3(C)C2CC1. The molecule has 10 nitrogen and oxygen atoms in total. The number of benzene rings is 2. The molecular weight excluding hydrogens is 913 g/mol. The number of imide groups is 2. The normalized spacial score (nSPS) is 34.5. The topological polar surface area (TPSA) is 149 Å². The van der Waals surface area contributed by atoms with E-state index < -0.39 is 40.0 Å². The Morgan fingerprint density at radius 2 is 1.19 bits per heavy atom. The Bertz CT molecular complexity index is 2560. The summed E-state index contributed by atoms with van der Waals surface area (Å²) in [7, 11) is 0. The minimum Gasteiger partial charge on any atom is -0.481 e. The predicted molar refractivity (Wildman–Crippen MR) is 287 cm³/mol. The van der Waals surface area contributed by atoms with Crippen LogP contribution in [0.3, 0.4) is 0 Å². The van der Waals surface area contributed by atoms with Crippen LogP contribution in [0.25, 0.3) is 0 Å². The average Bonchev–Trinajstić information content (AvgIpc) is 3.34. The number of hydrogen-bond acceptors (Lipinski definition) is 6. The number of rotatable bonds is 16. The van der Waals surface area contributed by atoms with Crippen LogP contribution < -0.4 is 9.80 Å². The Kier molecular flexibility index (Phi) is 15.1. The van der Waals surface area contributed by atoms with E-state index in [1.54, 1.807) is 0 Å². The molecule has 4 saturated carbocycles. The first kappa shape index (κ1) is 53.9. The highest BCUT2D eigenvalue weighted by Gasteiger charge is 2.66. The number of carbonyl (C=O) groups is 6. The largest absolute Gasteiger partial charge is 0.481 e. The molecule has 392 valence electrons. The second-order valence-corrected chi connectivity index (χ2v) is 25.1. The summed E-state index contributed by atoms with van der Waals surface area (Å²) >= 11 is 0. The quantitative estimate of drug-likeness (QED) is 0.158. The predicted octanol–water partition coefficient (Wildman–Crippen LogP) is 13.1. The van der Waals surface area contributed by atoms with E-state index in [2.05, 4.69) is 53.0 Å². The lowest BCUT2D eigenvalue weighted by Crippen LogP contribution is -2.62. The van der Waals surface area contributed by atoms with Crippen molar-refractivity contribution in [3.8, 4) is 0 Å². The van der Waals surface area contributed by atoms with Crippen molar-refractivity contribution >= 4 is 47.9 Å². The number of carboxylic acid groups (broad SMARTS) is 2. The van der Waals surface area contributed by atoms with Gasteiger partial charge in [0.25, 0.3) is 0 Å². The number of carbonyl (C=O) groups excluding carboxylic acids is 4. The molecule has 13 atom stereocenters. The number of carboxylic acids is 2. The Morgan fingerprint density at radius 1 is 0.658 bits per heavy atom. The van der Waals surface area contributed by atoms with E-state index in [1.807, 2.05) is 88.4 Å². The van der Waals surface area contributed by atoms with Crippen molar-refractivity contribution in [2.75, 3.05) is 9.80 Å². The van der Waals surface area contributed by atoms with Gasteiger partial charge in [-0.15, -0.1) is 0 Å². The number of anilines is 2. The van der Waals surface area contributed by atoms with Gasteiger partial charge in [-0.25, -0.2) is 0 Å². The van der Waals surface area contributed by atoms with E-state index in [-0.39, 0.29) is 70.0 Å². The molecule has 2 aromatic carbocycles. The van der Waals surface area contributed by atoms with Crippen LogP contribution in [0.15, 0.2) is 97.1 Å². The maximum absolute atomic E-state index is 15.1. The zero-order chi connectivity index (χ0) is 53.0. The fourth-order valence-corrected chi connectivity index (χ4v) is 17.5. The highest BCUT2D eigenvalue weighted by molar-refractivity contribution is 6.09. The third-order valence-electron chi connectivity index (χ3n) is 20.9. The summed E-state index contributed by atoms with van der Waals surface area (Å²) in [4.78, 5) is 84.1. The second-order valence-electron chi connectivity index (χ2n) is 25.1. The summed E-state index contributed by atoms with van der Waals surface area (Å²) in [5.41, 5.74) is 2.35. The molecule has 2 N–H and O–H groups in total. The molecule has 2 aromatic rings. The third kappa shape index (κ3) is 9.02. The van der Waals surface area contributed by atoms with Gasteiger partial charge in [-0.1, -0.05) is 122 Å². The van der Waals surface area contributed by atoms with Crippen LogP contribution in [-0.4, -0.2) is 46.8 Å². The molecule has 0 spiro atoms. The molecular formula is C63H82N2O8. The number of fused-ring (bicyclic) bond motifs is 6. The minimum atomic E-state index is -0.831. The lowest BCUT2D eigenvalue weighted by molar-refractivity contribution is -0.182. The van der Waals surface area contributed by atoms with E-state index >= 15 is 4.79 Å². The van der Waals surface area contributed by atoms with Crippen LogP contribution >= 0.6 is 0 Å². The molecule has 4 fully saturated rings. The molecule has 4 amide bonds. The van der Waals surface area contributed by atoms with E-state index in [1.165, 1.54) is 9.80 Å². The van der Waals surface area contributed by atoms with Crippen LogP contribution in [0, 0.1) is 86.3 Å². The van der Waals surface area contributed by atoms with Gasteiger partial charge in [-0.3, -0.25) is 38.6 Å². The van der Waals surface area contributed by atoms with Crippen molar-refractivity contribution in [3.05, 3.63) is 108 Å². The number of nitrogens with zero attached hydrogens (tertiary/aromatic N) is 2. The van der Waals surface area contributed by atoms with E-state index in [0.29, 0.717) is 56.3 Å². The van der Waals surface area contributed by atoms with Crippen LogP contribution in [0.2, 0.25) is 0 Å². The molecule has 6 aliphatic rings. The number of aliphatic carboxylic acids is 2. The minimum absolute atomic E-state index is 0.0168. The Labute approximate surface area is 434 Å². The zero-order valence-corrected chi connectivity index (χ0v) is 44.9. The fraction of sp³-hybridized carbons (Fsp3) is 0.587. The van der Waals surface area contributed by atoms with Gasteiger partial charge in [0, 0.05) is 11.3 Å². The molecule has 13 unspecified atom stereocenters. The van der Waals surface area contributed by atoms with E-state index in [0.717, 1.165) is 80.1 Å². The summed E-state index contributed by atoms with van der Waals surface area (Å²) in [5, 5.41) is 21.0. The zero-order valence-electron chi connectivity index (χ0n) is 44.9. The van der Waals surface area contributed by atoms with Crippen LogP contribution in [-0.2, 0) is 35.2 Å². The van der Waals surface area contributed by atoms with Gasteiger partial charge in [-0.05, 0) is 190 Å². The van der Waals surface area contributed by atoms with Gasteiger partial charge in [0.1, 0.15) is 0 Å². The highest BCUT2D eigenvalue weighted by atomic mass is 16.4. The highest BCUT2D eigenvalue weighted by Crippen LogP contribution is 2.70. The maximum Gasteiger partial charge on any atom is 0.309 e. The first-order valence-corrected chi connectivity index (χ1v) is 27.5. The Morgan fingerprint density at radius 3 is 1.68 bits per heavy atom. The molecule has 73 heavy (non-hydrogen) atoms. The molecule has 0 aromatic heterocycles. The Hall–Kier alpha value is -5.38. The van der Waals surface area contributed by atoms with Gasteiger partial charge in [-0.2, -0.15) is 0 Å². The number of amides is 4. The molecule has 0 heterocycles. The van der Waals surface area contributed by atoms with Gasteiger partial charge in [0.15, 0.2) is 0 Å². The first-order chi connectivity index (χ1) is 34.6. The van der Waals surface area contributed by atoms with Gasteiger partial charge < -0.3 is 10.2 Å². The average molecular weight is 995 g/mol. The molecule has 6 aliphatic carbocycles. The van der Waals surface area contributed by atoms with Gasteiger partial charge in [0.2, 0.25) is 24.6 Å². The van der Waals surface area contributed by atoms with Crippen molar-refractivity contribution in [2.24, 2.45) is 86.3 Å². The van der Waals surface area contributed by atoms with E-state index in [9.17, 15) is 34.2 Å². The number of hydrogen-bond donors (Lipinski definition) is 2. The smallest absolute Gasteiger partial charge is 0.309 e.